The van der Waals surface area contributed by atoms with E-state index in [1.165, 1.54) is 18.4 Å². The minimum atomic E-state index is -0.404. The molecule has 0 radical (unpaired) electrons. The van der Waals surface area contributed by atoms with Crippen LogP contribution in [0.1, 0.15) is 33.3 Å². The molecule has 18 heavy (non-hydrogen) atoms. The van der Waals surface area contributed by atoms with Gasteiger partial charge in [-0.2, -0.15) is 0 Å². The molecule has 0 aliphatic heterocycles. The number of aryl methyl sites for hydroxylation is 1. The summed E-state index contributed by atoms with van der Waals surface area (Å²) < 4.78 is 4.67. The molecule has 1 unspecified atom stereocenters. The molecule has 0 aliphatic carbocycles. The second-order valence-electron chi connectivity index (χ2n) is 3.65. The number of rotatable bonds is 4. The van der Waals surface area contributed by atoms with Crippen molar-refractivity contribution in [1.29, 1.82) is 0 Å². The number of hydrogen-bond donors (Lipinski definition) is 1. The molecule has 5 nitrogen and oxygen atoms in total. The predicted octanol–water partition coefficient (Wildman–Crippen LogP) is 2.87. The Bertz CT molecular complexity index is 536. The van der Waals surface area contributed by atoms with Gasteiger partial charge in [-0.25, -0.2) is 14.8 Å². The van der Waals surface area contributed by atoms with E-state index in [4.69, 9.17) is 0 Å². The molecule has 0 fully saturated rings. The van der Waals surface area contributed by atoms with Crippen molar-refractivity contribution in [1.82, 2.24) is 9.97 Å². The zero-order valence-electron chi connectivity index (χ0n) is 10.3. The Labute approximate surface area is 113 Å². The van der Waals surface area contributed by atoms with Gasteiger partial charge in [0, 0.05) is 16.5 Å². The molecule has 0 bridgehead atoms. The molecule has 0 saturated carbocycles. The first-order valence-corrected chi connectivity index (χ1v) is 7.03. The molecule has 2 heterocycles. The summed E-state index contributed by atoms with van der Waals surface area (Å²) in [5.41, 5.74) is 0.372. The number of carbonyl (C=O) groups is 1. The topological polar surface area (TPSA) is 64.1 Å². The summed E-state index contributed by atoms with van der Waals surface area (Å²) in [6.45, 7) is 3.86. The average Bonchev–Trinajstić information content (AvgIpc) is 2.97. The number of anilines is 1. The zero-order chi connectivity index (χ0) is 13.1. The number of esters is 1. The SMILES string of the molecule is COC(=O)c1nc(NC(C)c2nccs2)sc1C. The maximum atomic E-state index is 11.4. The molecule has 2 rings (SSSR count). The zero-order valence-corrected chi connectivity index (χ0v) is 11.9. The summed E-state index contributed by atoms with van der Waals surface area (Å²) in [5, 5.41) is 6.86. The first-order valence-electron chi connectivity index (χ1n) is 5.33. The number of methoxy groups -OCH3 is 1. The van der Waals surface area contributed by atoms with Crippen LogP contribution >= 0.6 is 22.7 Å². The van der Waals surface area contributed by atoms with Crippen LogP contribution in [0.4, 0.5) is 5.13 Å². The van der Waals surface area contributed by atoms with E-state index in [-0.39, 0.29) is 6.04 Å². The smallest absolute Gasteiger partial charge is 0.357 e. The van der Waals surface area contributed by atoms with Crippen molar-refractivity contribution in [3.8, 4) is 0 Å². The van der Waals surface area contributed by atoms with E-state index in [2.05, 4.69) is 20.0 Å². The molecule has 2 aromatic rings. The number of nitrogens with one attached hydrogen (secondary N) is 1. The Kier molecular flexibility index (Phi) is 3.93. The number of aromatic nitrogens is 2. The normalized spacial score (nSPS) is 12.2. The largest absolute Gasteiger partial charge is 0.464 e. The minimum absolute atomic E-state index is 0.0704. The molecular formula is C11H13N3O2S2. The van der Waals surface area contributed by atoms with Gasteiger partial charge < -0.3 is 10.1 Å². The lowest BCUT2D eigenvalue weighted by molar-refractivity contribution is 0.0594. The van der Waals surface area contributed by atoms with Crippen molar-refractivity contribution in [3.63, 3.8) is 0 Å². The summed E-state index contributed by atoms with van der Waals surface area (Å²) in [5.74, 6) is -0.404. The monoisotopic (exact) mass is 283 g/mol. The highest BCUT2D eigenvalue weighted by atomic mass is 32.1. The summed E-state index contributed by atoms with van der Waals surface area (Å²) in [6.07, 6.45) is 1.77. The Hall–Kier alpha value is -1.47. The first-order chi connectivity index (χ1) is 8.61. The second-order valence-corrected chi connectivity index (χ2v) is 5.78. The van der Waals surface area contributed by atoms with Gasteiger partial charge in [0.1, 0.15) is 5.01 Å². The van der Waals surface area contributed by atoms with Crippen LogP contribution in [0, 0.1) is 6.92 Å². The number of ether oxygens (including phenoxy) is 1. The van der Waals surface area contributed by atoms with Crippen molar-refractivity contribution >= 4 is 33.8 Å². The Morgan fingerprint density at radius 1 is 1.56 bits per heavy atom. The molecule has 1 N–H and O–H groups in total. The summed E-state index contributed by atoms with van der Waals surface area (Å²) in [6, 6.07) is 0.0704. The fourth-order valence-electron chi connectivity index (χ4n) is 1.44. The molecule has 0 aromatic carbocycles. The molecule has 96 valence electrons. The van der Waals surface area contributed by atoms with E-state index in [1.54, 1.807) is 17.5 Å². The quantitative estimate of drug-likeness (QED) is 0.874. The van der Waals surface area contributed by atoms with Gasteiger partial charge in [-0.05, 0) is 13.8 Å². The lowest BCUT2D eigenvalue weighted by Crippen LogP contribution is -2.07. The Balaban J connectivity index is 2.13. The van der Waals surface area contributed by atoms with E-state index < -0.39 is 5.97 Å². The fourth-order valence-corrected chi connectivity index (χ4v) is 2.97. The summed E-state index contributed by atoms with van der Waals surface area (Å²) in [7, 11) is 1.35. The maximum absolute atomic E-state index is 11.4. The number of hydrogen-bond acceptors (Lipinski definition) is 7. The third-order valence-electron chi connectivity index (χ3n) is 2.34. The highest BCUT2D eigenvalue weighted by Crippen LogP contribution is 2.27. The number of thiazole rings is 2. The van der Waals surface area contributed by atoms with Crippen LogP contribution in [-0.2, 0) is 4.74 Å². The number of carbonyl (C=O) groups excluding carboxylic acids is 1. The molecule has 7 heteroatoms. The van der Waals surface area contributed by atoms with Crippen molar-refractivity contribution in [2.45, 2.75) is 19.9 Å². The van der Waals surface area contributed by atoms with Crippen LogP contribution in [0.3, 0.4) is 0 Å². The van der Waals surface area contributed by atoms with Crippen LogP contribution in [0.15, 0.2) is 11.6 Å². The third kappa shape index (κ3) is 2.68. The van der Waals surface area contributed by atoms with Gasteiger partial charge in [-0.15, -0.1) is 22.7 Å². The Morgan fingerprint density at radius 3 is 2.94 bits per heavy atom. The maximum Gasteiger partial charge on any atom is 0.357 e. The van der Waals surface area contributed by atoms with E-state index in [0.717, 1.165) is 9.88 Å². The second kappa shape index (κ2) is 5.45. The van der Waals surface area contributed by atoms with Crippen molar-refractivity contribution < 1.29 is 9.53 Å². The number of nitrogens with zero attached hydrogens (tertiary/aromatic N) is 2. The van der Waals surface area contributed by atoms with E-state index in [1.807, 2.05) is 19.2 Å². The lowest BCUT2D eigenvalue weighted by Gasteiger charge is -2.08. The average molecular weight is 283 g/mol. The lowest BCUT2D eigenvalue weighted by atomic mass is 10.4. The minimum Gasteiger partial charge on any atom is -0.464 e. The van der Waals surface area contributed by atoms with Crippen LogP contribution < -0.4 is 5.32 Å². The highest BCUT2D eigenvalue weighted by molar-refractivity contribution is 7.15. The van der Waals surface area contributed by atoms with Crippen molar-refractivity contribution in [2.75, 3.05) is 12.4 Å². The van der Waals surface area contributed by atoms with Gasteiger partial charge in [0.2, 0.25) is 0 Å². The molecule has 1 atom stereocenters. The molecule has 0 aliphatic rings. The van der Waals surface area contributed by atoms with Gasteiger partial charge in [-0.3, -0.25) is 0 Å². The first kappa shape index (κ1) is 13.0. The third-order valence-corrected chi connectivity index (χ3v) is 4.20. The van der Waals surface area contributed by atoms with Crippen molar-refractivity contribution in [3.05, 3.63) is 27.2 Å². The van der Waals surface area contributed by atoms with Gasteiger partial charge in [0.25, 0.3) is 0 Å². The summed E-state index contributed by atoms with van der Waals surface area (Å²) in [4.78, 5) is 20.8. The van der Waals surface area contributed by atoms with Crippen molar-refractivity contribution in [2.24, 2.45) is 0 Å². The van der Waals surface area contributed by atoms with Gasteiger partial charge in [0.05, 0.1) is 13.2 Å². The van der Waals surface area contributed by atoms with Gasteiger partial charge in [0.15, 0.2) is 10.8 Å². The van der Waals surface area contributed by atoms with E-state index in [9.17, 15) is 4.79 Å². The molecule has 0 spiro atoms. The van der Waals surface area contributed by atoms with E-state index >= 15 is 0 Å². The van der Waals surface area contributed by atoms with Gasteiger partial charge >= 0.3 is 5.97 Å². The fraction of sp³-hybridized carbons (Fsp3) is 0.364. The van der Waals surface area contributed by atoms with Crippen LogP contribution in [0.2, 0.25) is 0 Å². The van der Waals surface area contributed by atoms with Crippen LogP contribution in [0.5, 0.6) is 0 Å². The van der Waals surface area contributed by atoms with Crippen LogP contribution in [-0.4, -0.2) is 23.0 Å². The molecular weight excluding hydrogens is 270 g/mol. The molecule has 0 amide bonds. The highest BCUT2D eigenvalue weighted by Gasteiger charge is 2.17. The standard InChI is InChI=1S/C11H13N3O2S2/c1-6(9-12-4-5-17-9)13-11-14-8(7(2)18-11)10(15)16-3/h4-6H,1-3H3,(H,13,14). The van der Waals surface area contributed by atoms with E-state index in [0.29, 0.717) is 10.8 Å². The van der Waals surface area contributed by atoms with Crippen LogP contribution in [0.25, 0.3) is 0 Å². The summed E-state index contributed by atoms with van der Waals surface area (Å²) >= 11 is 3.02. The predicted molar refractivity (Wildman–Crippen MR) is 72.3 cm³/mol. The Morgan fingerprint density at radius 2 is 2.33 bits per heavy atom. The molecule has 0 saturated heterocycles. The van der Waals surface area contributed by atoms with Gasteiger partial charge in [-0.1, -0.05) is 0 Å². The molecule has 2 aromatic heterocycles.